The Morgan fingerprint density at radius 2 is 2.07 bits per heavy atom. The van der Waals surface area contributed by atoms with E-state index in [4.69, 9.17) is 14.5 Å². The molecular weight excluding hydrogens is 348 g/mol. The number of benzene rings is 1. The van der Waals surface area contributed by atoms with Crippen molar-refractivity contribution in [2.75, 3.05) is 37.8 Å². The topological polar surface area (TPSA) is 90.6 Å². The van der Waals surface area contributed by atoms with Gasteiger partial charge < -0.3 is 14.4 Å². The van der Waals surface area contributed by atoms with Gasteiger partial charge in [-0.25, -0.2) is 9.97 Å². The van der Waals surface area contributed by atoms with E-state index in [2.05, 4.69) is 16.8 Å². The van der Waals surface area contributed by atoms with E-state index in [0.717, 1.165) is 49.6 Å². The quantitative estimate of drug-likeness (QED) is 0.603. The lowest BCUT2D eigenvalue weighted by molar-refractivity contribution is -0.384. The molecule has 1 aromatic carbocycles. The van der Waals surface area contributed by atoms with Gasteiger partial charge in [0.15, 0.2) is 5.82 Å². The van der Waals surface area contributed by atoms with Crippen molar-refractivity contribution >= 4 is 11.5 Å². The Bertz CT molecular complexity index is 834. The third-order valence-corrected chi connectivity index (χ3v) is 5.10. The molecule has 2 aliphatic rings. The maximum absolute atomic E-state index is 10.9. The van der Waals surface area contributed by atoms with Gasteiger partial charge in [0.2, 0.25) is 0 Å². The largest absolute Gasteiger partial charge is 0.378 e. The van der Waals surface area contributed by atoms with Gasteiger partial charge in [0, 0.05) is 49.0 Å². The minimum Gasteiger partial charge on any atom is -0.378 e. The predicted molar refractivity (Wildman–Crippen MR) is 99.8 cm³/mol. The zero-order chi connectivity index (χ0) is 18.9. The van der Waals surface area contributed by atoms with Crippen LogP contribution in [0.3, 0.4) is 0 Å². The van der Waals surface area contributed by atoms with Crippen LogP contribution < -0.4 is 4.90 Å². The van der Waals surface area contributed by atoms with Crippen molar-refractivity contribution in [1.29, 1.82) is 0 Å². The first-order chi connectivity index (χ1) is 13.1. The van der Waals surface area contributed by atoms with Crippen LogP contribution in [-0.4, -0.2) is 53.4 Å². The molecule has 0 amide bonds. The maximum atomic E-state index is 10.9. The van der Waals surface area contributed by atoms with Crippen LogP contribution in [0.25, 0.3) is 11.4 Å². The van der Waals surface area contributed by atoms with E-state index in [1.54, 1.807) is 12.1 Å². The van der Waals surface area contributed by atoms with E-state index < -0.39 is 4.92 Å². The summed E-state index contributed by atoms with van der Waals surface area (Å²) in [5.41, 5.74) is 1.52. The molecule has 0 N–H and O–H groups in total. The van der Waals surface area contributed by atoms with Crippen molar-refractivity contribution in [1.82, 2.24) is 9.97 Å². The van der Waals surface area contributed by atoms with Gasteiger partial charge in [-0.05, 0) is 18.6 Å². The zero-order valence-electron chi connectivity index (χ0n) is 15.3. The number of hydrogen-bond donors (Lipinski definition) is 0. The fraction of sp³-hybridized carbons (Fsp3) is 0.474. The van der Waals surface area contributed by atoms with Gasteiger partial charge in [0.1, 0.15) is 11.4 Å². The fourth-order valence-electron chi connectivity index (χ4n) is 3.56. The van der Waals surface area contributed by atoms with Gasteiger partial charge in [-0.15, -0.1) is 0 Å². The lowest BCUT2D eigenvalue weighted by Gasteiger charge is -2.40. The van der Waals surface area contributed by atoms with Crippen LogP contribution in [-0.2, 0) is 15.9 Å². The Hall–Kier alpha value is -2.58. The van der Waals surface area contributed by atoms with Crippen LogP contribution in [0, 0.1) is 10.1 Å². The minimum absolute atomic E-state index is 0.0574. The number of aromatic nitrogens is 2. The second-order valence-corrected chi connectivity index (χ2v) is 6.95. The summed E-state index contributed by atoms with van der Waals surface area (Å²) in [5, 5.41) is 10.9. The average molecular weight is 370 g/mol. The zero-order valence-corrected chi connectivity index (χ0v) is 15.3. The van der Waals surface area contributed by atoms with Crippen molar-refractivity contribution in [3.63, 3.8) is 0 Å². The molecule has 27 heavy (non-hydrogen) atoms. The van der Waals surface area contributed by atoms with Crippen LogP contribution in [0.5, 0.6) is 0 Å². The molecular formula is C19H22N4O4. The fourth-order valence-corrected chi connectivity index (χ4v) is 3.56. The summed E-state index contributed by atoms with van der Waals surface area (Å²) in [4.78, 5) is 22.1. The Morgan fingerprint density at radius 3 is 2.74 bits per heavy atom. The molecule has 0 radical (unpaired) electrons. The van der Waals surface area contributed by atoms with Crippen molar-refractivity contribution in [2.45, 2.75) is 25.4 Å². The number of nitro groups is 1. The van der Waals surface area contributed by atoms with E-state index in [0.29, 0.717) is 19.0 Å². The number of ether oxygens (including phenoxy) is 2. The summed E-state index contributed by atoms with van der Waals surface area (Å²) < 4.78 is 11.6. The van der Waals surface area contributed by atoms with Gasteiger partial charge in [-0.1, -0.05) is 6.92 Å². The predicted octanol–water partition coefficient (Wildman–Crippen LogP) is 2.61. The van der Waals surface area contributed by atoms with Gasteiger partial charge in [-0.3, -0.25) is 10.1 Å². The highest BCUT2D eigenvalue weighted by atomic mass is 16.6. The Kier molecular flexibility index (Phi) is 4.75. The molecule has 2 saturated heterocycles. The SMILES string of the molecule is CCc1cc(N2CCOC3(CCOC3)C2)nc(-c2ccc([N+](=O)[O-])cc2)n1. The van der Waals surface area contributed by atoms with E-state index >= 15 is 0 Å². The van der Waals surface area contributed by atoms with Gasteiger partial charge in [0.25, 0.3) is 5.69 Å². The van der Waals surface area contributed by atoms with Crippen LogP contribution >= 0.6 is 0 Å². The second-order valence-electron chi connectivity index (χ2n) is 6.95. The molecule has 1 atom stereocenters. The highest BCUT2D eigenvalue weighted by molar-refractivity contribution is 5.60. The number of rotatable bonds is 4. The molecule has 2 aromatic rings. The number of nitro benzene ring substituents is 1. The monoisotopic (exact) mass is 370 g/mol. The molecule has 1 unspecified atom stereocenters. The molecule has 1 spiro atoms. The second kappa shape index (κ2) is 7.21. The van der Waals surface area contributed by atoms with Gasteiger partial charge >= 0.3 is 0 Å². The first-order valence-electron chi connectivity index (χ1n) is 9.18. The molecule has 0 aliphatic carbocycles. The Balaban J connectivity index is 1.65. The number of morpholine rings is 1. The minimum atomic E-state index is -0.407. The van der Waals surface area contributed by atoms with Crippen molar-refractivity contribution in [3.8, 4) is 11.4 Å². The summed E-state index contributed by atoms with van der Waals surface area (Å²) in [6.07, 6.45) is 1.68. The lowest BCUT2D eigenvalue weighted by Crippen LogP contribution is -2.52. The summed E-state index contributed by atoms with van der Waals surface area (Å²) in [7, 11) is 0. The third kappa shape index (κ3) is 3.63. The molecule has 4 rings (SSSR count). The number of non-ortho nitro benzene ring substituents is 1. The van der Waals surface area contributed by atoms with E-state index in [-0.39, 0.29) is 11.3 Å². The molecule has 0 saturated carbocycles. The van der Waals surface area contributed by atoms with Crippen LogP contribution in [0.2, 0.25) is 0 Å². The highest BCUT2D eigenvalue weighted by Crippen LogP contribution is 2.30. The average Bonchev–Trinajstić information content (AvgIpc) is 3.15. The standard InChI is InChI=1S/C19H22N4O4/c1-2-15-11-17(22-8-10-27-19(12-22)7-9-26-13-19)21-18(20-15)14-3-5-16(6-4-14)23(24)25/h3-6,11H,2,7-10,12-13H2,1H3. The molecule has 8 heteroatoms. The maximum Gasteiger partial charge on any atom is 0.269 e. The molecule has 8 nitrogen and oxygen atoms in total. The summed E-state index contributed by atoms with van der Waals surface area (Å²) in [5.74, 6) is 1.45. The number of aryl methyl sites for hydroxylation is 1. The summed E-state index contributed by atoms with van der Waals surface area (Å²) >= 11 is 0. The van der Waals surface area contributed by atoms with Gasteiger partial charge in [0.05, 0.1) is 24.7 Å². The van der Waals surface area contributed by atoms with E-state index in [1.807, 2.05) is 6.07 Å². The van der Waals surface area contributed by atoms with E-state index in [9.17, 15) is 10.1 Å². The first-order valence-corrected chi connectivity index (χ1v) is 9.18. The Morgan fingerprint density at radius 1 is 1.26 bits per heavy atom. The van der Waals surface area contributed by atoms with Crippen LogP contribution in [0.1, 0.15) is 19.0 Å². The number of anilines is 1. The lowest BCUT2D eigenvalue weighted by atomic mass is 10.0. The third-order valence-electron chi connectivity index (χ3n) is 5.10. The Labute approximate surface area is 157 Å². The van der Waals surface area contributed by atoms with Crippen LogP contribution in [0.15, 0.2) is 30.3 Å². The number of hydrogen-bond acceptors (Lipinski definition) is 7. The summed E-state index contributed by atoms with van der Waals surface area (Å²) in [6.45, 7) is 5.55. The molecule has 2 fully saturated rings. The smallest absolute Gasteiger partial charge is 0.269 e. The normalized spacial score (nSPS) is 22.3. The van der Waals surface area contributed by atoms with Crippen molar-refractivity contribution in [3.05, 3.63) is 46.1 Å². The summed E-state index contributed by atoms with van der Waals surface area (Å²) in [6, 6.07) is 8.38. The highest BCUT2D eigenvalue weighted by Gasteiger charge is 2.40. The molecule has 0 bridgehead atoms. The molecule has 142 valence electrons. The first kappa shape index (κ1) is 17.8. The van der Waals surface area contributed by atoms with Crippen molar-refractivity contribution in [2.24, 2.45) is 0 Å². The van der Waals surface area contributed by atoms with Crippen LogP contribution in [0.4, 0.5) is 11.5 Å². The molecule has 3 heterocycles. The van der Waals surface area contributed by atoms with Gasteiger partial charge in [-0.2, -0.15) is 0 Å². The van der Waals surface area contributed by atoms with E-state index in [1.165, 1.54) is 12.1 Å². The molecule has 1 aromatic heterocycles. The van der Waals surface area contributed by atoms with Crippen molar-refractivity contribution < 1.29 is 14.4 Å². The molecule has 2 aliphatic heterocycles. The number of nitrogens with zero attached hydrogens (tertiary/aromatic N) is 4.